The summed E-state index contributed by atoms with van der Waals surface area (Å²) in [4.78, 5) is 0. The van der Waals surface area contributed by atoms with E-state index in [1.807, 2.05) is 6.92 Å². The maximum Gasteiger partial charge on any atom is 0.215 e. The van der Waals surface area contributed by atoms with Crippen LogP contribution in [0, 0.1) is 0 Å². The normalized spacial score (nSPS) is 23.9. The van der Waals surface area contributed by atoms with Crippen LogP contribution in [-0.4, -0.2) is 53.2 Å². The molecular formula is C9H20N2O4S2. The molecule has 0 aromatic rings. The van der Waals surface area contributed by atoms with Gasteiger partial charge in [-0.2, -0.15) is 0 Å². The molecule has 0 aliphatic carbocycles. The molecule has 1 rings (SSSR count). The monoisotopic (exact) mass is 284 g/mol. The van der Waals surface area contributed by atoms with E-state index >= 15 is 0 Å². The number of nitrogens with one attached hydrogen (secondary N) is 2. The topological polar surface area (TPSA) is 92.3 Å². The van der Waals surface area contributed by atoms with Gasteiger partial charge in [-0.15, -0.1) is 0 Å². The first-order valence-electron chi connectivity index (χ1n) is 5.77. The van der Waals surface area contributed by atoms with E-state index in [1.165, 1.54) is 0 Å². The van der Waals surface area contributed by atoms with Crippen LogP contribution in [0.25, 0.3) is 0 Å². The summed E-state index contributed by atoms with van der Waals surface area (Å²) in [5.74, 6) is -0.266. The minimum absolute atomic E-state index is 0.0212. The second-order valence-electron chi connectivity index (χ2n) is 4.21. The molecule has 102 valence electrons. The van der Waals surface area contributed by atoms with Gasteiger partial charge in [0.2, 0.25) is 10.0 Å². The van der Waals surface area contributed by atoms with Crippen molar-refractivity contribution in [1.82, 2.24) is 10.0 Å². The van der Waals surface area contributed by atoms with Crippen LogP contribution < -0.4 is 10.0 Å². The van der Waals surface area contributed by atoms with Crippen LogP contribution in [0.1, 0.15) is 19.8 Å². The molecule has 2 N–H and O–H groups in total. The van der Waals surface area contributed by atoms with Gasteiger partial charge in [0.15, 0.2) is 9.84 Å². The first-order valence-corrected chi connectivity index (χ1v) is 9.14. The molecule has 0 bridgehead atoms. The van der Waals surface area contributed by atoms with Gasteiger partial charge in [0.25, 0.3) is 0 Å². The van der Waals surface area contributed by atoms with E-state index in [9.17, 15) is 16.8 Å². The van der Waals surface area contributed by atoms with Crippen LogP contribution in [0.15, 0.2) is 0 Å². The zero-order chi connectivity index (χ0) is 12.9. The van der Waals surface area contributed by atoms with Gasteiger partial charge in [-0.05, 0) is 19.4 Å². The molecule has 1 fully saturated rings. The summed E-state index contributed by atoms with van der Waals surface area (Å²) in [5, 5.41) is 2.29. The Bertz CT molecular complexity index is 430. The minimum atomic E-state index is -3.49. The summed E-state index contributed by atoms with van der Waals surface area (Å²) in [7, 11) is -6.64. The Morgan fingerprint density at radius 3 is 2.47 bits per heavy atom. The average molecular weight is 284 g/mol. The van der Waals surface area contributed by atoms with E-state index in [0.29, 0.717) is 13.1 Å². The molecule has 0 amide bonds. The SMILES string of the molecule is CCCNCCNS(=O)(=O)C1CCS(=O)(=O)C1. The molecule has 17 heavy (non-hydrogen) atoms. The average Bonchev–Trinajstić information content (AvgIpc) is 2.59. The van der Waals surface area contributed by atoms with Gasteiger partial charge in [-0.1, -0.05) is 6.92 Å². The lowest BCUT2D eigenvalue weighted by atomic mass is 10.4. The van der Waals surface area contributed by atoms with Crippen LogP contribution in [0.4, 0.5) is 0 Å². The van der Waals surface area contributed by atoms with Crippen molar-refractivity contribution in [3.05, 3.63) is 0 Å². The summed E-state index contributed by atoms with van der Waals surface area (Å²) in [6.07, 6.45) is 1.20. The highest BCUT2D eigenvalue weighted by atomic mass is 32.2. The van der Waals surface area contributed by atoms with Crippen molar-refractivity contribution in [2.45, 2.75) is 25.0 Å². The Labute approximate surface area is 103 Å². The van der Waals surface area contributed by atoms with E-state index in [1.54, 1.807) is 0 Å². The third-order valence-corrected chi connectivity index (χ3v) is 6.53. The molecule has 0 spiro atoms. The summed E-state index contributed by atoms with van der Waals surface area (Å²) in [6, 6.07) is 0. The third-order valence-electron chi connectivity index (χ3n) is 2.66. The number of sulfone groups is 1. The predicted octanol–water partition coefficient (Wildman–Crippen LogP) is -0.907. The molecule has 8 heteroatoms. The van der Waals surface area contributed by atoms with Crippen molar-refractivity contribution in [2.75, 3.05) is 31.1 Å². The maximum absolute atomic E-state index is 11.7. The van der Waals surface area contributed by atoms with Crippen LogP contribution >= 0.6 is 0 Å². The summed E-state index contributed by atoms with van der Waals surface area (Å²) in [6.45, 7) is 3.74. The van der Waals surface area contributed by atoms with Crippen molar-refractivity contribution in [1.29, 1.82) is 0 Å². The fraction of sp³-hybridized carbons (Fsp3) is 1.00. The fourth-order valence-electron chi connectivity index (χ4n) is 1.71. The first-order chi connectivity index (χ1) is 7.87. The predicted molar refractivity (Wildman–Crippen MR) is 67.1 cm³/mol. The van der Waals surface area contributed by atoms with Crippen LogP contribution in [-0.2, 0) is 19.9 Å². The van der Waals surface area contributed by atoms with Gasteiger partial charge in [0, 0.05) is 13.1 Å². The van der Waals surface area contributed by atoms with Gasteiger partial charge in [-0.3, -0.25) is 0 Å². The van der Waals surface area contributed by atoms with E-state index in [0.717, 1.165) is 13.0 Å². The number of hydrogen-bond acceptors (Lipinski definition) is 5. The highest BCUT2D eigenvalue weighted by Gasteiger charge is 2.36. The molecule has 0 saturated carbocycles. The molecule has 6 nitrogen and oxygen atoms in total. The molecule has 1 atom stereocenters. The Kier molecular flexibility index (Phi) is 5.36. The quantitative estimate of drug-likeness (QED) is 0.591. The first kappa shape index (κ1) is 14.9. The fourth-order valence-corrected chi connectivity index (χ4v) is 5.79. The Morgan fingerprint density at radius 1 is 1.24 bits per heavy atom. The van der Waals surface area contributed by atoms with Crippen LogP contribution in [0.5, 0.6) is 0 Å². The van der Waals surface area contributed by atoms with Crippen molar-refractivity contribution < 1.29 is 16.8 Å². The number of sulfonamides is 1. The lowest BCUT2D eigenvalue weighted by Gasteiger charge is -2.11. The molecule has 1 unspecified atom stereocenters. The Morgan fingerprint density at radius 2 is 1.94 bits per heavy atom. The molecular weight excluding hydrogens is 264 g/mol. The van der Waals surface area contributed by atoms with Crippen molar-refractivity contribution in [3.63, 3.8) is 0 Å². The highest BCUT2D eigenvalue weighted by molar-refractivity contribution is 7.95. The molecule has 1 heterocycles. The summed E-state index contributed by atoms with van der Waals surface area (Å²) >= 11 is 0. The zero-order valence-corrected chi connectivity index (χ0v) is 11.6. The van der Waals surface area contributed by atoms with Gasteiger partial charge >= 0.3 is 0 Å². The largest absolute Gasteiger partial charge is 0.315 e. The minimum Gasteiger partial charge on any atom is -0.315 e. The second kappa shape index (κ2) is 6.12. The summed E-state index contributed by atoms with van der Waals surface area (Å²) < 4.78 is 48.3. The van der Waals surface area contributed by atoms with Crippen LogP contribution in [0.3, 0.4) is 0 Å². The third kappa shape index (κ3) is 4.90. The van der Waals surface area contributed by atoms with Gasteiger partial charge in [-0.25, -0.2) is 21.6 Å². The second-order valence-corrected chi connectivity index (χ2v) is 8.49. The standard InChI is InChI=1S/C9H20N2O4S2/c1-2-4-10-5-6-11-17(14,15)9-3-7-16(12,13)8-9/h9-11H,2-8H2,1H3. The van der Waals surface area contributed by atoms with Crippen molar-refractivity contribution in [2.24, 2.45) is 0 Å². The van der Waals surface area contributed by atoms with E-state index in [2.05, 4.69) is 10.0 Å². The molecule has 0 aromatic heterocycles. The Hall–Kier alpha value is -0.180. The summed E-state index contributed by atoms with van der Waals surface area (Å²) in [5.41, 5.74) is 0. The Balaban J connectivity index is 2.37. The molecule has 1 aliphatic heterocycles. The lowest BCUT2D eigenvalue weighted by molar-refractivity contribution is 0.563. The highest BCUT2D eigenvalue weighted by Crippen LogP contribution is 2.17. The van der Waals surface area contributed by atoms with E-state index < -0.39 is 25.1 Å². The van der Waals surface area contributed by atoms with E-state index in [4.69, 9.17) is 0 Å². The van der Waals surface area contributed by atoms with E-state index in [-0.39, 0.29) is 17.9 Å². The van der Waals surface area contributed by atoms with Gasteiger partial charge in [0.1, 0.15) is 0 Å². The number of rotatable bonds is 7. The number of hydrogen-bond donors (Lipinski definition) is 2. The van der Waals surface area contributed by atoms with Gasteiger partial charge in [0.05, 0.1) is 16.8 Å². The molecule has 1 saturated heterocycles. The zero-order valence-electron chi connectivity index (χ0n) is 9.98. The molecule has 0 radical (unpaired) electrons. The van der Waals surface area contributed by atoms with Crippen molar-refractivity contribution >= 4 is 19.9 Å². The smallest absolute Gasteiger partial charge is 0.215 e. The van der Waals surface area contributed by atoms with Crippen LogP contribution in [0.2, 0.25) is 0 Å². The molecule has 0 aromatic carbocycles. The van der Waals surface area contributed by atoms with Crippen molar-refractivity contribution in [3.8, 4) is 0 Å². The van der Waals surface area contributed by atoms with Gasteiger partial charge < -0.3 is 5.32 Å². The molecule has 1 aliphatic rings. The maximum atomic E-state index is 11.7. The lowest BCUT2D eigenvalue weighted by Crippen LogP contribution is -2.38.